The van der Waals surface area contributed by atoms with Gasteiger partial charge in [0.15, 0.2) is 0 Å². The molecule has 0 saturated carbocycles. The summed E-state index contributed by atoms with van der Waals surface area (Å²) in [5.41, 5.74) is 1.72. The Bertz CT molecular complexity index is 1010. The number of ether oxygens (including phenoxy) is 2. The van der Waals surface area contributed by atoms with Crippen molar-refractivity contribution in [2.75, 3.05) is 0 Å². The molecule has 0 unspecified atom stereocenters. The van der Waals surface area contributed by atoms with Crippen LogP contribution < -0.4 is 4.74 Å². The van der Waals surface area contributed by atoms with Gasteiger partial charge in [-0.1, -0.05) is 35.5 Å². The number of carbonyl (C=O) groups is 2. The lowest BCUT2D eigenvalue weighted by Gasteiger charge is -2.28. The fourth-order valence-electron chi connectivity index (χ4n) is 4.03. The standard InChI is InChI=1S/C25H28N2O5/c1-16(2)30-19-12-10-18(11-13-19)20-15-21(32-26-20)23(28)27-22(25(3,4)31-24(27)29)14-17-8-6-5-7-9-17/h5-13,16,21-22H,14-15H2,1-4H3/t21-,22-/m0/s1. The second-order valence-electron chi connectivity index (χ2n) is 8.91. The van der Waals surface area contributed by atoms with Gasteiger partial charge in [0.2, 0.25) is 6.10 Å². The molecule has 0 radical (unpaired) electrons. The molecule has 2 aliphatic heterocycles. The van der Waals surface area contributed by atoms with Gasteiger partial charge >= 0.3 is 6.09 Å². The van der Waals surface area contributed by atoms with E-state index in [4.69, 9.17) is 14.3 Å². The van der Waals surface area contributed by atoms with Gasteiger partial charge in [0.1, 0.15) is 11.4 Å². The summed E-state index contributed by atoms with van der Waals surface area (Å²) in [5, 5.41) is 4.12. The van der Waals surface area contributed by atoms with Crippen LogP contribution in [-0.2, 0) is 20.8 Å². The predicted octanol–water partition coefficient (Wildman–Crippen LogP) is 4.34. The first-order valence-electron chi connectivity index (χ1n) is 10.8. The van der Waals surface area contributed by atoms with Crippen LogP contribution in [0.5, 0.6) is 5.75 Å². The van der Waals surface area contributed by atoms with Gasteiger partial charge in [0.25, 0.3) is 5.91 Å². The summed E-state index contributed by atoms with van der Waals surface area (Å²) < 4.78 is 11.2. The molecule has 2 aliphatic rings. The Hall–Kier alpha value is -3.35. The maximum atomic E-state index is 13.3. The second kappa shape index (κ2) is 8.65. The van der Waals surface area contributed by atoms with Crippen molar-refractivity contribution in [1.82, 2.24) is 4.90 Å². The van der Waals surface area contributed by atoms with Crippen molar-refractivity contribution >= 4 is 17.7 Å². The monoisotopic (exact) mass is 436 g/mol. The lowest BCUT2D eigenvalue weighted by molar-refractivity contribution is -0.140. The quantitative estimate of drug-likeness (QED) is 0.673. The number of imide groups is 1. The summed E-state index contributed by atoms with van der Waals surface area (Å²) in [5.74, 6) is 0.335. The average Bonchev–Trinajstić information content (AvgIpc) is 3.31. The number of nitrogens with zero attached hydrogens (tertiary/aromatic N) is 2. The zero-order valence-corrected chi connectivity index (χ0v) is 18.8. The van der Waals surface area contributed by atoms with Gasteiger partial charge in [-0.15, -0.1) is 0 Å². The van der Waals surface area contributed by atoms with Gasteiger partial charge in [0, 0.05) is 6.42 Å². The number of amides is 2. The maximum Gasteiger partial charge on any atom is 0.417 e. The van der Waals surface area contributed by atoms with Gasteiger partial charge in [-0.25, -0.2) is 9.69 Å². The fraction of sp³-hybridized carbons (Fsp3) is 0.400. The minimum atomic E-state index is -0.865. The molecule has 2 amide bonds. The highest BCUT2D eigenvalue weighted by Crippen LogP contribution is 2.34. The lowest BCUT2D eigenvalue weighted by atomic mass is 9.91. The Morgan fingerprint density at radius 1 is 1.16 bits per heavy atom. The molecule has 0 aromatic heterocycles. The van der Waals surface area contributed by atoms with Crippen molar-refractivity contribution in [2.45, 2.75) is 64.4 Å². The largest absolute Gasteiger partial charge is 0.491 e. The highest BCUT2D eigenvalue weighted by molar-refractivity contribution is 6.06. The molecule has 1 fully saturated rings. The van der Waals surface area contributed by atoms with E-state index < -0.39 is 29.7 Å². The highest BCUT2D eigenvalue weighted by Gasteiger charge is 2.52. The molecule has 0 N–H and O–H groups in total. The zero-order valence-electron chi connectivity index (χ0n) is 18.8. The minimum Gasteiger partial charge on any atom is -0.491 e. The molecule has 0 bridgehead atoms. The Labute approximate surface area is 187 Å². The summed E-state index contributed by atoms with van der Waals surface area (Å²) in [6.45, 7) is 7.58. The van der Waals surface area contributed by atoms with Crippen molar-refractivity contribution in [3.05, 3.63) is 65.7 Å². The molecule has 168 valence electrons. The molecule has 7 heteroatoms. The topological polar surface area (TPSA) is 77.4 Å². The lowest BCUT2D eigenvalue weighted by Crippen LogP contribution is -2.49. The van der Waals surface area contributed by atoms with E-state index in [2.05, 4.69) is 5.16 Å². The SMILES string of the molecule is CC(C)Oc1ccc(C2=NO[C@H](C(=O)N3C(=O)OC(C)(C)[C@@H]3Cc3ccccc3)C2)cc1. The molecule has 0 aliphatic carbocycles. The van der Waals surface area contributed by atoms with Crippen LogP contribution in [0.25, 0.3) is 0 Å². The van der Waals surface area contributed by atoms with Crippen LogP contribution in [0.4, 0.5) is 4.79 Å². The van der Waals surface area contributed by atoms with Crippen LogP contribution in [0, 0.1) is 0 Å². The van der Waals surface area contributed by atoms with Crippen LogP contribution in [0.3, 0.4) is 0 Å². The minimum absolute atomic E-state index is 0.0864. The molecule has 4 rings (SSSR count). The van der Waals surface area contributed by atoms with Gasteiger partial charge in [-0.2, -0.15) is 0 Å². The molecule has 0 spiro atoms. The van der Waals surface area contributed by atoms with Crippen LogP contribution in [0.1, 0.15) is 45.2 Å². The normalized spacial score (nSPS) is 21.8. The highest BCUT2D eigenvalue weighted by atomic mass is 16.6. The Balaban J connectivity index is 1.47. The van der Waals surface area contributed by atoms with Gasteiger partial charge in [-0.05, 0) is 69.5 Å². The van der Waals surface area contributed by atoms with Crippen molar-refractivity contribution in [1.29, 1.82) is 0 Å². The summed E-state index contributed by atoms with van der Waals surface area (Å²) in [7, 11) is 0. The third-order valence-corrected chi connectivity index (χ3v) is 5.67. The smallest absolute Gasteiger partial charge is 0.417 e. The van der Waals surface area contributed by atoms with E-state index in [1.54, 1.807) is 0 Å². The molecular formula is C25H28N2O5. The second-order valence-corrected chi connectivity index (χ2v) is 8.91. The van der Waals surface area contributed by atoms with Crippen LogP contribution in [-0.4, -0.2) is 46.5 Å². The van der Waals surface area contributed by atoms with Crippen molar-refractivity contribution in [3.63, 3.8) is 0 Å². The first-order valence-corrected chi connectivity index (χ1v) is 10.8. The third kappa shape index (κ3) is 4.47. The average molecular weight is 437 g/mol. The number of oxime groups is 1. The molecule has 1 saturated heterocycles. The van der Waals surface area contributed by atoms with Crippen molar-refractivity contribution in [2.24, 2.45) is 5.16 Å². The summed E-state index contributed by atoms with van der Waals surface area (Å²) in [6, 6.07) is 16.8. The van der Waals surface area contributed by atoms with E-state index in [0.717, 1.165) is 16.9 Å². The van der Waals surface area contributed by atoms with E-state index in [-0.39, 0.29) is 12.5 Å². The number of benzene rings is 2. The van der Waals surface area contributed by atoms with E-state index in [0.29, 0.717) is 12.1 Å². The first-order chi connectivity index (χ1) is 15.2. The summed E-state index contributed by atoms with van der Waals surface area (Å²) in [4.78, 5) is 32.6. The van der Waals surface area contributed by atoms with Crippen LogP contribution >= 0.6 is 0 Å². The third-order valence-electron chi connectivity index (χ3n) is 5.67. The first kappa shape index (κ1) is 21.9. The van der Waals surface area contributed by atoms with Gasteiger partial charge in [-0.3, -0.25) is 4.79 Å². The van der Waals surface area contributed by atoms with Gasteiger partial charge < -0.3 is 14.3 Å². The number of cyclic esters (lactones) is 1. The molecule has 2 aromatic rings. The molecule has 2 aromatic carbocycles. The van der Waals surface area contributed by atoms with Crippen LogP contribution in [0.15, 0.2) is 59.8 Å². The van der Waals surface area contributed by atoms with E-state index in [9.17, 15) is 9.59 Å². The van der Waals surface area contributed by atoms with E-state index in [1.165, 1.54) is 4.90 Å². The van der Waals surface area contributed by atoms with E-state index >= 15 is 0 Å². The van der Waals surface area contributed by atoms with Crippen LogP contribution in [0.2, 0.25) is 0 Å². The van der Waals surface area contributed by atoms with Crippen molar-refractivity contribution in [3.8, 4) is 5.75 Å². The fourth-order valence-corrected chi connectivity index (χ4v) is 4.03. The maximum absolute atomic E-state index is 13.3. The summed E-state index contributed by atoms with van der Waals surface area (Å²) in [6.07, 6.45) is -0.637. The zero-order chi connectivity index (χ0) is 22.9. The Morgan fingerprint density at radius 2 is 1.84 bits per heavy atom. The molecule has 2 heterocycles. The Morgan fingerprint density at radius 3 is 2.50 bits per heavy atom. The Kier molecular flexibility index (Phi) is 5.91. The number of rotatable bonds is 6. The van der Waals surface area contributed by atoms with Gasteiger partial charge in [0.05, 0.1) is 17.9 Å². The predicted molar refractivity (Wildman–Crippen MR) is 120 cm³/mol. The number of hydrogen-bond donors (Lipinski definition) is 0. The number of carbonyl (C=O) groups excluding carboxylic acids is 2. The molecule has 7 nitrogen and oxygen atoms in total. The molecule has 2 atom stereocenters. The summed E-state index contributed by atoms with van der Waals surface area (Å²) >= 11 is 0. The van der Waals surface area contributed by atoms with Crippen molar-refractivity contribution < 1.29 is 23.9 Å². The molecule has 32 heavy (non-hydrogen) atoms. The number of hydrogen-bond acceptors (Lipinski definition) is 6. The van der Waals surface area contributed by atoms with E-state index in [1.807, 2.05) is 82.3 Å². The molecular weight excluding hydrogens is 408 g/mol.